The van der Waals surface area contributed by atoms with Crippen molar-refractivity contribution >= 4 is 0 Å². The maximum absolute atomic E-state index is 8.96. The number of likely N-dealkylation sites (tertiary alicyclic amines) is 1. The lowest BCUT2D eigenvalue weighted by atomic mass is 9.91. The first-order valence-electron chi connectivity index (χ1n) is 5.36. The van der Waals surface area contributed by atoms with E-state index in [1.54, 1.807) is 0 Å². The van der Waals surface area contributed by atoms with Gasteiger partial charge in [-0.25, -0.2) is 0 Å². The Bertz CT molecular complexity index is 139. The summed E-state index contributed by atoms with van der Waals surface area (Å²) in [6, 6.07) is -0.0142. The molecule has 0 saturated carbocycles. The number of nitrogens with two attached hydrogens (primary N) is 1. The van der Waals surface area contributed by atoms with Crippen molar-refractivity contribution in [3.8, 4) is 0 Å². The third-order valence-electron chi connectivity index (χ3n) is 2.90. The molecule has 1 aliphatic rings. The molecule has 13 heavy (non-hydrogen) atoms. The van der Waals surface area contributed by atoms with Crippen molar-refractivity contribution in [1.82, 2.24) is 4.90 Å². The Hall–Kier alpha value is -0.120. The Kier molecular flexibility index (Phi) is 4.70. The number of aliphatic hydroxyl groups excluding tert-OH is 1. The number of rotatable bonds is 4. The molecule has 0 spiro atoms. The minimum absolute atomic E-state index is 0.0142. The van der Waals surface area contributed by atoms with Gasteiger partial charge in [0.05, 0.1) is 6.61 Å². The first kappa shape index (κ1) is 11.0. The molecule has 1 fully saturated rings. The van der Waals surface area contributed by atoms with Gasteiger partial charge in [0.25, 0.3) is 0 Å². The molecule has 0 aliphatic carbocycles. The SMILES string of the molecule is CCCN1CCCC(C(N)CO)C1. The molecule has 0 bridgehead atoms. The number of hydrogen-bond acceptors (Lipinski definition) is 3. The van der Waals surface area contributed by atoms with Gasteiger partial charge in [0.15, 0.2) is 0 Å². The van der Waals surface area contributed by atoms with E-state index in [0.29, 0.717) is 5.92 Å². The number of aliphatic hydroxyl groups is 1. The molecular weight excluding hydrogens is 164 g/mol. The first-order valence-corrected chi connectivity index (χ1v) is 5.36. The van der Waals surface area contributed by atoms with Crippen molar-refractivity contribution in [1.29, 1.82) is 0 Å². The molecule has 0 amide bonds. The molecule has 1 heterocycles. The second-order valence-electron chi connectivity index (χ2n) is 4.05. The second kappa shape index (κ2) is 5.58. The van der Waals surface area contributed by atoms with Crippen LogP contribution in [0, 0.1) is 5.92 Å². The van der Waals surface area contributed by atoms with E-state index in [-0.39, 0.29) is 12.6 Å². The number of hydrogen-bond donors (Lipinski definition) is 2. The third-order valence-corrected chi connectivity index (χ3v) is 2.90. The van der Waals surface area contributed by atoms with Crippen LogP contribution in [-0.4, -0.2) is 42.3 Å². The van der Waals surface area contributed by atoms with E-state index in [4.69, 9.17) is 10.8 Å². The van der Waals surface area contributed by atoms with Crippen LogP contribution in [0.2, 0.25) is 0 Å². The summed E-state index contributed by atoms with van der Waals surface area (Å²) in [5.41, 5.74) is 5.83. The lowest BCUT2D eigenvalue weighted by Crippen LogP contribution is -2.45. The first-order chi connectivity index (χ1) is 6.27. The normalized spacial score (nSPS) is 27.5. The van der Waals surface area contributed by atoms with E-state index in [0.717, 1.165) is 6.54 Å². The number of piperidine rings is 1. The molecule has 1 aliphatic heterocycles. The van der Waals surface area contributed by atoms with E-state index >= 15 is 0 Å². The highest BCUT2D eigenvalue weighted by Gasteiger charge is 2.23. The van der Waals surface area contributed by atoms with Gasteiger partial charge in [0.2, 0.25) is 0 Å². The van der Waals surface area contributed by atoms with Crippen molar-refractivity contribution < 1.29 is 5.11 Å². The van der Waals surface area contributed by atoms with Crippen molar-refractivity contribution in [3.05, 3.63) is 0 Å². The van der Waals surface area contributed by atoms with Crippen molar-refractivity contribution in [2.45, 2.75) is 32.2 Å². The lowest BCUT2D eigenvalue weighted by Gasteiger charge is -2.34. The average molecular weight is 186 g/mol. The minimum Gasteiger partial charge on any atom is -0.395 e. The van der Waals surface area contributed by atoms with Gasteiger partial charge in [-0.3, -0.25) is 0 Å². The third kappa shape index (κ3) is 3.25. The molecule has 0 aromatic carbocycles. The Morgan fingerprint density at radius 3 is 3.00 bits per heavy atom. The van der Waals surface area contributed by atoms with Gasteiger partial charge in [-0.1, -0.05) is 6.92 Å². The standard InChI is InChI=1S/C10H22N2O/c1-2-5-12-6-3-4-9(7-12)10(11)8-13/h9-10,13H,2-8,11H2,1H3. The summed E-state index contributed by atoms with van der Waals surface area (Å²) in [6.07, 6.45) is 3.63. The monoisotopic (exact) mass is 186 g/mol. The summed E-state index contributed by atoms with van der Waals surface area (Å²) in [5, 5.41) is 8.96. The summed E-state index contributed by atoms with van der Waals surface area (Å²) in [5.74, 6) is 0.505. The van der Waals surface area contributed by atoms with Gasteiger partial charge in [0, 0.05) is 12.6 Å². The van der Waals surface area contributed by atoms with Crippen molar-refractivity contribution in [2.24, 2.45) is 11.7 Å². The highest BCUT2D eigenvalue weighted by Crippen LogP contribution is 2.18. The van der Waals surface area contributed by atoms with Crippen LogP contribution >= 0.6 is 0 Å². The summed E-state index contributed by atoms with van der Waals surface area (Å²) >= 11 is 0. The maximum Gasteiger partial charge on any atom is 0.0585 e. The molecule has 0 radical (unpaired) electrons. The van der Waals surface area contributed by atoms with Gasteiger partial charge in [-0.05, 0) is 38.3 Å². The Labute approximate surface area is 80.9 Å². The molecule has 0 aromatic rings. The predicted molar refractivity (Wildman–Crippen MR) is 54.5 cm³/mol. The summed E-state index contributed by atoms with van der Waals surface area (Å²) in [4.78, 5) is 2.46. The van der Waals surface area contributed by atoms with E-state index in [1.165, 1.54) is 32.4 Å². The van der Waals surface area contributed by atoms with Gasteiger partial charge >= 0.3 is 0 Å². The molecule has 3 N–H and O–H groups in total. The van der Waals surface area contributed by atoms with E-state index in [9.17, 15) is 0 Å². The average Bonchev–Trinajstić information content (AvgIpc) is 2.18. The van der Waals surface area contributed by atoms with E-state index in [2.05, 4.69) is 11.8 Å². The van der Waals surface area contributed by atoms with Crippen LogP contribution in [0.15, 0.2) is 0 Å². The molecular formula is C10H22N2O. The van der Waals surface area contributed by atoms with Gasteiger partial charge in [-0.15, -0.1) is 0 Å². The highest BCUT2D eigenvalue weighted by molar-refractivity contribution is 4.80. The second-order valence-corrected chi connectivity index (χ2v) is 4.05. The fourth-order valence-electron chi connectivity index (χ4n) is 2.11. The van der Waals surface area contributed by atoms with Crippen molar-refractivity contribution in [2.75, 3.05) is 26.2 Å². The largest absolute Gasteiger partial charge is 0.395 e. The lowest BCUT2D eigenvalue weighted by molar-refractivity contribution is 0.130. The van der Waals surface area contributed by atoms with Crippen LogP contribution in [0.1, 0.15) is 26.2 Å². The van der Waals surface area contributed by atoms with Crippen LogP contribution in [0.4, 0.5) is 0 Å². The van der Waals surface area contributed by atoms with Gasteiger partial charge in [0.1, 0.15) is 0 Å². The fraction of sp³-hybridized carbons (Fsp3) is 1.00. The smallest absolute Gasteiger partial charge is 0.0585 e. The molecule has 0 aromatic heterocycles. The predicted octanol–water partition coefficient (Wildman–Crippen LogP) is 0.428. The molecule has 2 atom stereocenters. The molecule has 78 valence electrons. The topological polar surface area (TPSA) is 49.5 Å². The fourth-order valence-corrected chi connectivity index (χ4v) is 2.11. The quantitative estimate of drug-likeness (QED) is 0.669. The van der Waals surface area contributed by atoms with Crippen LogP contribution < -0.4 is 5.73 Å². The summed E-state index contributed by atoms with van der Waals surface area (Å²) in [6.45, 7) is 5.80. The molecule has 2 unspecified atom stereocenters. The van der Waals surface area contributed by atoms with Crippen LogP contribution in [-0.2, 0) is 0 Å². The van der Waals surface area contributed by atoms with E-state index in [1.807, 2.05) is 0 Å². The Balaban J connectivity index is 2.32. The van der Waals surface area contributed by atoms with Crippen molar-refractivity contribution in [3.63, 3.8) is 0 Å². The molecule has 1 rings (SSSR count). The van der Waals surface area contributed by atoms with E-state index < -0.39 is 0 Å². The summed E-state index contributed by atoms with van der Waals surface area (Å²) < 4.78 is 0. The Morgan fingerprint density at radius 1 is 1.62 bits per heavy atom. The Morgan fingerprint density at radius 2 is 2.38 bits per heavy atom. The highest BCUT2D eigenvalue weighted by atomic mass is 16.3. The zero-order valence-electron chi connectivity index (χ0n) is 8.58. The van der Waals surface area contributed by atoms with Gasteiger partial charge in [-0.2, -0.15) is 0 Å². The maximum atomic E-state index is 8.96. The van der Waals surface area contributed by atoms with Crippen LogP contribution in [0.25, 0.3) is 0 Å². The zero-order chi connectivity index (χ0) is 9.68. The minimum atomic E-state index is -0.0142. The number of nitrogens with zero attached hydrogens (tertiary/aromatic N) is 1. The molecule has 3 heteroatoms. The molecule has 3 nitrogen and oxygen atoms in total. The molecule has 1 saturated heterocycles. The zero-order valence-corrected chi connectivity index (χ0v) is 8.58. The van der Waals surface area contributed by atoms with Crippen LogP contribution in [0.5, 0.6) is 0 Å². The van der Waals surface area contributed by atoms with Crippen LogP contribution in [0.3, 0.4) is 0 Å². The van der Waals surface area contributed by atoms with Gasteiger partial charge < -0.3 is 15.7 Å². The summed E-state index contributed by atoms with van der Waals surface area (Å²) in [7, 11) is 0.